The van der Waals surface area contributed by atoms with Crippen LogP contribution in [0.15, 0.2) is 36.7 Å². The van der Waals surface area contributed by atoms with E-state index in [4.69, 9.17) is 0 Å². The van der Waals surface area contributed by atoms with E-state index in [1.165, 1.54) is 0 Å². The van der Waals surface area contributed by atoms with E-state index < -0.39 is 0 Å². The van der Waals surface area contributed by atoms with Gasteiger partial charge in [0.05, 0.1) is 11.9 Å². The van der Waals surface area contributed by atoms with Crippen molar-refractivity contribution in [2.24, 2.45) is 5.92 Å². The standard InChI is InChI=1S/C21H27N5O2/c1-2-24-9-11-25(12-10-24)21(28)18-5-7-19(8-6-18)26-15-16(14-23-26)13-22-20(27)17-3-4-17/h5-8,14-15,17H,2-4,9-13H2,1H3,(H,22,27). The summed E-state index contributed by atoms with van der Waals surface area (Å²) in [6, 6.07) is 7.55. The SMILES string of the molecule is CCN1CCN(C(=O)c2ccc(-n3cc(CNC(=O)C4CC4)cn3)cc2)CC1. The zero-order valence-electron chi connectivity index (χ0n) is 16.3. The van der Waals surface area contributed by atoms with Crippen LogP contribution in [-0.4, -0.2) is 64.1 Å². The quantitative estimate of drug-likeness (QED) is 0.826. The fraction of sp³-hybridized carbons (Fsp3) is 0.476. The summed E-state index contributed by atoms with van der Waals surface area (Å²) in [5.41, 5.74) is 2.56. The second-order valence-corrected chi connectivity index (χ2v) is 7.56. The van der Waals surface area contributed by atoms with Gasteiger partial charge in [-0.1, -0.05) is 6.92 Å². The van der Waals surface area contributed by atoms with Gasteiger partial charge in [0.15, 0.2) is 0 Å². The normalized spacial score (nSPS) is 17.5. The first-order valence-corrected chi connectivity index (χ1v) is 10.1. The van der Waals surface area contributed by atoms with Gasteiger partial charge in [-0.3, -0.25) is 9.59 Å². The summed E-state index contributed by atoms with van der Waals surface area (Å²) in [5, 5.41) is 7.32. The third-order valence-corrected chi connectivity index (χ3v) is 5.54. The Bertz CT molecular complexity index is 833. The van der Waals surface area contributed by atoms with Crippen LogP contribution >= 0.6 is 0 Å². The maximum absolute atomic E-state index is 12.7. The number of carbonyl (C=O) groups excluding carboxylic acids is 2. The number of hydrogen-bond donors (Lipinski definition) is 1. The van der Waals surface area contributed by atoms with Crippen LogP contribution in [-0.2, 0) is 11.3 Å². The van der Waals surface area contributed by atoms with Crippen molar-refractivity contribution in [1.82, 2.24) is 24.9 Å². The maximum atomic E-state index is 12.7. The van der Waals surface area contributed by atoms with Gasteiger partial charge in [-0.05, 0) is 43.7 Å². The third-order valence-electron chi connectivity index (χ3n) is 5.54. The maximum Gasteiger partial charge on any atom is 0.253 e. The summed E-state index contributed by atoms with van der Waals surface area (Å²) in [6.45, 7) is 7.12. The Balaban J connectivity index is 1.35. The summed E-state index contributed by atoms with van der Waals surface area (Å²) < 4.78 is 1.77. The number of aromatic nitrogens is 2. The molecule has 1 aliphatic heterocycles. The highest BCUT2D eigenvalue weighted by Gasteiger charge is 2.29. The van der Waals surface area contributed by atoms with Crippen molar-refractivity contribution in [3.8, 4) is 5.69 Å². The second kappa shape index (κ2) is 8.14. The number of likely N-dealkylation sites (N-methyl/N-ethyl adjacent to an activating group) is 1. The average Bonchev–Trinajstić information content (AvgIpc) is 3.50. The lowest BCUT2D eigenvalue weighted by Gasteiger charge is -2.34. The lowest BCUT2D eigenvalue weighted by Crippen LogP contribution is -2.48. The number of nitrogens with one attached hydrogen (secondary N) is 1. The minimum absolute atomic E-state index is 0.0891. The van der Waals surface area contributed by atoms with Crippen molar-refractivity contribution < 1.29 is 9.59 Å². The molecule has 0 radical (unpaired) electrons. The van der Waals surface area contributed by atoms with Gasteiger partial charge in [-0.15, -0.1) is 0 Å². The smallest absolute Gasteiger partial charge is 0.253 e. The summed E-state index contributed by atoms with van der Waals surface area (Å²) in [5.74, 6) is 0.437. The van der Waals surface area contributed by atoms with Crippen LogP contribution in [0, 0.1) is 5.92 Å². The molecule has 1 N–H and O–H groups in total. The molecule has 0 bridgehead atoms. The topological polar surface area (TPSA) is 70.5 Å². The number of benzene rings is 1. The average molecular weight is 381 g/mol. The van der Waals surface area contributed by atoms with Crippen molar-refractivity contribution >= 4 is 11.8 Å². The van der Waals surface area contributed by atoms with Gasteiger partial charge in [-0.25, -0.2) is 4.68 Å². The van der Waals surface area contributed by atoms with Crippen LogP contribution in [0.1, 0.15) is 35.7 Å². The van der Waals surface area contributed by atoms with Gasteiger partial charge >= 0.3 is 0 Å². The molecule has 0 atom stereocenters. The Morgan fingerprint density at radius 2 is 1.82 bits per heavy atom. The van der Waals surface area contributed by atoms with Crippen molar-refractivity contribution in [2.75, 3.05) is 32.7 Å². The lowest BCUT2D eigenvalue weighted by molar-refractivity contribution is -0.122. The van der Waals surface area contributed by atoms with Crippen LogP contribution in [0.5, 0.6) is 0 Å². The largest absolute Gasteiger partial charge is 0.352 e. The predicted molar refractivity (Wildman–Crippen MR) is 106 cm³/mol. The van der Waals surface area contributed by atoms with Gasteiger partial charge in [-0.2, -0.15) is 5.10 Å². The monoisotopic (exact) mass is 381 g/mol. The molecule has 0 unspecified atom stereocenters. The molecule has 1 aliphatic carbocycles. The molecule has 2 heterocycles. The van der Waals surface area contributed by atoms with Crippen LogP contribution < -0.4 is 5.32 Å². The van der Waals surface area contributed by atoms with E-state index in [1.807, 2.05) is 35.4 Å². The Hall–Kier alpha value is -2.67. The second-order valence-electron chi connectivity index (χ2n) is 7.56. The zero-order chi connectivity index (χ0) is 19.5. The van der Waals surface area contributed by atoms with Gasteiger partial charge < -0.3 is 15.1 Å². The summed E-state index contributed by atoms with van der Waals surface area (Å²) >= 11 is 0. The molecule has 7 nitrogen and oxygen atoms in total. The van der Waals surface area contributed by atoms with Crippen LogP contribution in [0.4, 0.5) is 0 Å². The Labute approximate surface area is 165 Å². The van der Waals surface area contributed by atoms with E-state index in [2.05, 4.69) is 22.2 Å². The molecular weight excluding hydrogens is 354 g/mol. The lowest BCUT2D eigenvalue weighted by atomic mass is 10.1. The van der Waals surface area contributed by atoms with E-state index in [1.54, 1.807) is 10.9 Å². The molecule has 28 heavy (non-hydrogen) atoms. The summed E-state index contributed by atoms with van der Waals surface area (Å²) in [6.07, 6.45) is 5.68. The minimum Gasteiger partial charge on any atom is -0.352 e. The minimum atomic E-state index is 0.0891. The van der Waals surface area contributed by atoms with Crippen LogP contribution in [0.3, 0.4) is 0 Å². The van der Waals surface area contributed by atoms with E-state index in [0.717, 1.165) is 56.8 Å². The van der Waals surface area contributed by atoms with E-state index in [9.17, 15) is 9.59 Å². The molecule has 1 saturated heterocycles. The summed E-state index contributed by atoms with van der Waals surface area (Å²) in [7, 11) is 0. The molecule has 7 heteroatoms. The molecule has 148 valence electrons. The van der Waals surface area contributed by atoms with Gasteiger partial charge in [0.2, 0.25) is 5.91 Å². The number of hydrogen-bond acceptors (Lipinski definition) is 4. The molecule has 2 aliphatic rings. The van der Waals surface area contributed by atoms with Crippen LogP contribution in [0.25, 0.3) is 5.69 Å². The van der Waals surface area contributed by atoms with Crippen molar-refractivity contribution in [3.63, 3.8) is 0 Å². The van der Waals surface area contributed by atoms with Crippen molar-refractivity contribution in [3.05, 3.63) is 47.8 Å². The number of carbonyl (C=O) groups is 2. The van der Waals surface area contributed by atoms with Crippen molar-refractivity contribution in [2.45, 2.75) is 26.3 Å². The van der Waals surface area contributed by atoms with Crippen molar-refractivity contribution in [1.29, 1.82) is 0 Å². The first kappa shape index (κ1) is 18.7. The molecule has 0 spiro atoms. The van der Waals surface area contributed by atoms with Gasteiger partial charge in [0, 0.05) is 56.0 Å². The highest BCUT2D eigenvalue weighted by molar-refractivity contribution is 5.94. The molecule has 2 amide bonds. The molecule has 1 aromatic carbocycles. The van der Waals surface area contributed by atoms with Gasteiger partial charge in [0.25, 0.3) is 5.91 Å². The number of amides is 2. The zero-order valence-corrected chi connectivity index (χ0v) is 16.3. The van der Waals surface area contributed by atoms with Gasteiger partial charge in [0.1, 0.15) is 0 Å². The molecule has 2 aromatic rings. The Kier molecular flexibility index (Phi) is 5.43. The third kappa shape index (κ3) is 4.25. The Morgan fingerprint density at radius 1 is 1.11 bits per heavy atom. The number of piperazine rings is 1. The fourth-order valence-electron chi connectivity index (χ4n) is 3.48. The molecular formula is C21H27N5O2. The van der Waals surface area contributed by atoms with E-state index in [-0.39, 0.29) is 17.7 Å². The Morgan fingerprint density at radius 3 is 2.46 bits per heavy atom. The predicted octanol–water partition coefficient (Wildman–Crippen LogP) is 1.68. The first-order chi connectivity index (χ1) is 13.6. The summed E-state index contributed by atoms with van der Waals surface area (Å²) in [4.78, 5) is 28.7. The molecule has 1 aromatic heterocycles. The molecule has 2 fully saturated rings. The van der Waals surface area contributed by atoms with E-state index >= 15 is 0 Å². The highest BCUT2D eigenvalue weighted by atomic mass is 16.2. The number of rotatable bonds is 6. The molecule has 1 saturated carbocycles. The highest BCUT2D eigenvalue weighted by Crippen LogP contribution is 2.28. The number of nitrogens with zero attached hydrogens (tertiary/aromatic N) is 4. The fourth-order valence-corrected chi connectivity index (χ4v) is 3.48. The van der Waals surface area contributed by atoms with Crippen LogP contribution in [0.2, 0.25) is 0 Å². The first-order valence-electron chi connectivity index (χ1n) is 10.1. The van der Waals surface area contributed by atoms with E-state index in [0.29, 0.717) is 12.1 Å². The molecule has 4 rings (SSSR count).